The molecule has 2 aromatic rings. The number of nitro groups is 1. The summed E-state index contributed by atoms with van der Waals surface area (Å²) in [6.45, 7) is 1.71. The Labute approximate surface area is 119 Å². The van der Waals surface area contributed by atoms with Crippen LogP contribution in [0.2, 0.25) is 0 Å². The summed E-state index contributed by atoms with van der Waals surface area (Å²) in [5, 5.41) is 22.4. The Bertz CT molecular complexity index is 731. The fourth-order valence-electron chi connectivity index (χ4n) is 1.80. The summed E-state index contributed by atoms with van der Waals surface area (Å²) < 4.78 is 13.8. The molecule has 0 aliphatic rings. The first kappa shape index (κ1) is 14.4. The number of non-ortho nitro benzene ring substituents is 1. The molecule has 21 heavy (non-hydrogen) atoms. The number of nitrogens with one attached hydrogen (secondary N) is 1. The van der Waals surface area contributed by atoms with Crippen molar-refractivity contribution in [1.82, 2.24) is 0 Å². The lowest BCUT2D eigenvalue weighted by molar-refractivity contribution is -0.384. The standard InChI is InChI=1S/C14H11FN2O4/c1-8-2-5-12(11(15)6-8)16-13-7-9(17(20)21)3-4-10(13)14(18)19/h2-7,16H,1H3,(H,18,19). The van der Waals surface area contributed by atoms with Gasteiger partial charge in [0.2, 0.25) is 0 Å². The maximum Gasteiger partial charge on any atom is 0.337 e. The predicted octanol–water partition coefficient (Wildman–Crippen LogP) is 3.48. The Morgan fingerprint density at radius 2 is 1.95 bits per heavy atom. The molecule has 0 radical (unpaired) electrons. The van der Waals surface area contributed by atoms with Crippen molar-refractivity contribution < 1.29 is 19.2 Å². The van der Waals surface area contributed by atoms with Crippen molar-refractivity contribution in [2.45, 2.75) is 6.92 Å². The molecule has 0 aromatic heterocycles. The molecule has 2 rings (SSSR count). The number of aromatic carboxylic acids is 1. The van der Waals surface area contributed by atoms with Crippen molar-refractivity contribution in [3.8, 4) is 0 Å². The summed E-state index contributed by atoms with van der Waals surface area (Å²) in [7, 11) is 0. The van der Waals surface area contributed by atoms with Crippen LogP contribution in [0.25, 0.3) is 0 Å². The first-order valence-corrected chi connectivity index (χ1v) is 5.93. The number of rotatable bonds is 4. The van der Waals surface area contributed by atoms with Crippen LogP contribution in [-0.4, -0.2) is 16.0 Å². The molecule has 2 N–H and O–H groups in total. The van der Waals surface area contributed by atoms with Crippen LogP contribution < -0.4 is 5.32 Å². The third-order valence-electron chi connectivity index (χ3n) is 2.84. The van der Waals surface area contributed by atoms with Crippen LogP contribution in [-0.2, 0) is 0 Å². The van der Waals surface area contributed by atoms with E-state index in [2.05, 4.69) is 5.32 Å². The number of carboxylic acids is 1. The molecule has 0 atom stereocenters. The van der Waals surface area contributed by atoms with Crippen molar-refractivity contribution in [2.24, 2.45) is 0 Å². The molecule has 0 amide bonds. The van der Waals surface area contributed by atoms with Crippen LogP contribution in [0.3, 0.4) is 0 Å². The minimum absolute atomic E-state index is 0.0422. The molecular formula is C14H11FN2O4. The Morgan fingerprint density at radius 1 is 1.24 bits per heavy atom. The second-order valence-corrected chi connectivity index (χ2v) is 4.40. The Balaban J connectivity index is 2.48. The first-order valence-electron chi connectivity index (χ1n) is 5.93. The van der Waals surface area contributed by atoms with E-state index in [-0.39, 0.29) is 22.6 Å². The highest BCUT2D eigenvalue weighted by Gasteiger charge is 2.16. The molecule has 0 spiro atoms. The monoisotopic (exact) mass is 290 g/mol. The van der Waals surface area contributed by atoms with E-state index in [4.69, 9.17) is 5.11 Å². The number of carboxylic acid groups (broad SMARTS) is 1. The van der Waals surface area contributed by atoms with Crippen LogP contribution in [0.4, 0.5) is 21.5 Å². The Kier molecular flexibility index (Phi) is 3.84. The van der Waals surface area contributed by atoms with Crippen molar-refractivity contribution in [2.75, 3.05) is 5.32 Å². The SMILES string of the molecule is Cc1ccc(Nc2cc([N+](=O)[O-])ccc2C(=O)O)c(F)c1. The van der Waals surface area contributed by atoms with Crippen molar-refractivity contribution >= 4 is 23.0 Å². The average molecular weight is 290 g/mol. The highest BCUT2D eigenvalue weighted by atomic mass is 19.1. The van der Waals surface area contributed by atoms with E-state index in [0.29, 0.717) is 5.56 Å². The van der Waals surface area contributed by atoms with Gasteiger partial charge >= 0.3 is 5.97 Å². The number of hydrogen-bond donors (Lipinski definition) is 2. The minimum atomic E-state index is -1.26. The van der Waals surface area contributed by atoms with Crippen LogP contribution in [0, 0.1) is 22.9 Å². The first-order chi connectivity index (χ1) is 9.88. The molecule has 7 heteroatoms. The third kappa shape index (κ3) is 3.14. The number of aryl methyl sites for hydroxylation is 1. The summed E-state index contributed by atoms with van der Waals surface area (Å²) >= 11 is 0. The quantitative estimate of drug-likeness (QED) is 0.664. The Morgan fingerprint density at radius 3 is 2.52 bits per heavy atom. The van der Waals surface area contributed by atoms with Crippen LogP contribution in [0.5, 0.6) is 0 Å². The lowest BCUT2D eigenvalue weighted by Gasteiger charge is -2.10. The number of benzene rings is 2. The van der Waals surface area contributed by atoms with Gasteiger partial charge in [-0.2, -0.15) is 0 Å². The van der Waals surface area contributed by atoms with Crippen LogP contribution in [0.1, 0.15) is 15.9 Å². The second-order valence-electron chi connectivity index (χ2n) is 4.40. The largest absolute Gasteiger partial charge is 0.478 e. The lowest BCUT2D eigenvalue weighted by atomic mass is 10.1. The van der Waals surface area contributed by atoms with Gasteiger partial charge in [0.15, 0.2) is 0 Å². The summed E-state index contributed by atoms with van der Waals surface area (Å²) in [6, 6.07) is 7.61. The fraction of sp³-hybridized carbons (Fsp3) is 0.0714. The third-order valence-corrected chi connectivity index (χ3v) is 2.84. The molecule has 0 heterocycles. The second kappa shape index (κ2) is 5.58. The number of carbonyl (C=O) groups is 1. The van der Waals surface area contributed by atoms with Gasteiger partial charge < -0.3 is 10.4 Å². The number of anilines is 2. The highest BCUT2D eigenvalue weighted by molar-refractivity contribution is 5.95. The topological polar surface area (TPSA) is 92.5 Å². The van der Waals surface area contributed by atoms with E-state index in [1.54, 1.807) is 13.0 Å². The van der Waals surface area contributed by atoms with Gasteiger partial charge in [0.25, 0.3) is 5.69 Å². The lowest BCUT2D eigenvalue weighted by Crippen LogP contribution is -2.04. The van der Waals surface area contributed by atoms with Crippen molar-refractivity contribution in [3.05, 3.63) is 63.5 Å². The zero-order chi connectivity index (χ0) is 15.6. The van der Waals surface area contributed by atoms with E-state index >= 15 is 0 Å². The van der Waals surface area contributed by atoms with E-state index in [1.165, 1.54) is 12.1 Å². The number of hydrogen-bond acceptors (Lipinski definition) is 4. The normalized spacial score (nSPS) is 10.2. The number of nitrogens with zero attached hydrogens (tertiary/aromatic N) is 1. The zero-order valence-corrected chi connectivity index (χ0v) is 11.0. The van der Waals surface area contributed by atoms with E-state index in [1.807, 2.05) is 0 Å². The molecule has 0 fully saturated rings. The maximum absolute atomic E-state index is 13.8. The maximum atomic E-state index is 13.8. The average Bonchev–Trinajstić information content (AvgIpc) is 2.41. The summed E-state index contributed by atoms with van der Waals surface area (Å²) in [5.74, 6) is -1.84. The number of nitro benzene ring substituents is 1. The smallest absolute Gasteiger partial charge is 0.337 e. The van der Waals surface area contributed by atoms with Gasteiger partial charge in [0, 0.05) is 12.1 Å². The van der Waals surface area contributed by atoms with E-state index in [9.17, 15) is 19.3 Å². The molecule has 0 saturated heterocycles. The van der Waals surface area contributed by atoms with Crippen LogP contribution >= 0.6 is 0 Å². The van der Waals surface area contributed by atoms with Crippen molar-refractivity contribution in [3.63, 3.8) is 0 Å². The Hall–Kier alpha value is -2.96. The minimum Gasteiger partial charge on any atom is -0.478 e. The van der Waals surface area contributed by atoms with Gasteiger partial charge in [0.1, 0.15) is 5.82 Å². The summed E-state index contributed by atoms with van der Waals surface area (Å²) in [4.78, 5) is 21.2. The molecule has 0 unspecified atom stereocenters. The predicted molar refractivity (Wildman–Crippen MR) is 74.5 cm³/mol. The molecular weight excluding hydrogens is 279 g/mol. The van der Waals surface area contributed by atoms with Gasteiger partial charge in [-0.3, -0.25) is 10.1 Å². The summed E-state index contributed by atoms with van der Waals surface area (Å²) in [5.41, 5.74) is 0.245. The van der Waals surface area contributed by atoms with Gasteiger partial charge in [-0.15, -0.1) is 0 Å². The molecule has 2 aromatic carbocycles. The molecule has 0 aliphatic heterocycles. The summed E-state index contributed by atoms with van der Waals surface area (Å²) in [6.07, 6.45) is 0. The number of halogens is 1. The molecule has 108 valence electrons. The van der Waals surface area contributed by atoms with Gasteiger partial charge in [-0.25, -0.2) is 9.18 Å². The van der Waals surface area contributed by atoms with Crippen molar-refractivity contribution in [1.29, 1.82) is 0 Å². The van der Waals surface area contributed by atoms with Gasteiger partial charge in [-0.1, -0.05) is 6.07 Å². The van der Waals surface area contributed by atoms with E-state index in [0.717, 1.165) is 18.2 Å². The van der Waals surface area contributed by atoms with Crippen LogP contribution in [0.15, 0.2) is 36.4 Å². The van der Waals surface area contributed by atoms with E-state index < -0.39 is 16.7 Å². The molecule has 6 nitrogen and oxygen atoms in total. The zero-order valence-electron chi connectivity index (χ0n) is 11.0. The molecule has 0 aliphatic carbocycles. The van der Waals surface area contributed by atoms with Gasteiger partial charge in [0.05, 0.1) is 21.9 Å². The molecule has 0 saturated carbocycles. The van der Waals surface area contributed by atoms with Gasteiger partial charge in [-0.05, 0) is 30.7 Å². The fourth-order valence-corrected chi connectivity index (χ4v) is 1.80. The molecule has 0 bridgehead atoms. The highest BCUT2D eigenvalue weighted by Crippen LogP contribution is 2.27.